The summed E-state index contributed by atoms with van der Waals surface area (Å²) in [5.74, 6) is -0.435. The lowest BCUT2D eigenvalue weighted by molar-refractivity contribution is -0.131. The Morgan fingerprint density at radius 1 is 1.28 bits per heavy atom. The van der Waals surface area contributed by atoms with Gasteiger partial charge in [0.2, 0.25) is 5.91 Å². The Bertz CT molecular complexity index is 732. The van der Waals surface area contributed by atoms with Crippen molar-refractivity contribution < 1.29 is 14.3 Å². The predicted octanol–water partition coefficient (Wildman–Crippen LogP) is 2.54. The Hall–Kier alpha value is -2.99. The molecule has 0 aliphatic rings. The summed E-state index contributed by atoms with van der Waals surface area (Å²) in [6.07, 6.45) is 4.25. The summed E-state index contributed by atoms with van der Waals surface area (Å²) < 4.78 is 5.27. The first-order valence-electron chi connectivity index (χ1n) is 7.90. The van der Waals surface area contributed by atoms with Gasteiger partial charge in [-0.1, -0.05) is 18.2 Å². The molecule has 0 radical (unpaired) electrons. The summed E-state index contributed by atoms with van der Waals surface area (Å²) in [7, 11) is 0. The van der Waals surface area contributed by atoms with Crippen LogP contribution in [-0.4, -0.2) is 29.5 Å². The number of aromatic nitrogens is 1. The molecule has 0 aliphatic heterocycles. The van der Waals surface area contributed by atoms with Crippen molar-refractivity contribution in [2.24, 2.45) is 0 Å². The summed E-state index contributed by atoms with van der Waals surface area (Å²) in [6.45, 7) is 5.86. The van der Waals surface area contributed by atoms with Crippen LogP contribution in [0.2, 0.25) is 0 Å². The zero-order valence-electron chi connectivity index (χ0n) is 14.1. The van der Waals surface area contributed by atoms with Gasteiger partial charge in [0.25, 0.3) is 5.91 Å². The molecular weight excluding hydrogens is 318 g/mol. The molecule has 2 aromatic rings. The van der Waals surface area contributed by atoms with Gasteiger partial charge < -0.3 is 15.4 Å². The molecule has 0 unspecified atom stereocenters. The number of benzene rings is 1. The van der Waals surface area contributed by atoms with Crippen molar-refractivity contribution in [1.82, 2.24) is 10.3 Å². The van der Waals surface area contributed by atoms with Crippen LogP contribution in [0.15, 0.2) is 61.4 Å². The molecule has 0 saturated carbocycles. The summed E-state index contributed by atoms with van der Waals surface area (Å²) in [4.78, 5) is 28.1. The van der Waals surface area contributed by atoms with Gasteiger partial charge in [0.05, 0.1) is 6.61 Å². The molecule has 0 fully saturated rings. The van der Waals surface area contributed by atoms with Crippen LogP contribution in [0.25, 0.3) is 0 Å². The lowest BCUT2D eigenvalue weighted by atomic mass is 10.1. The van der Waals surface area contributed by atoms with E-state index in [9.17, 15) is 9.59 Å². The van der Waals surface area contributed by atoms with Crippen molar-refractivity contribution in [3.63, 3.8) is 0 Å². The van der Waals surface area contributed by atoms with Crippen molar-refractivity contribution in [3.05, 3.63) is 72.6 Å². The number of amides is 2. The van der Waals surface area contributed by atoms with E-state index < -0.39 is 6.10 Å². The number of rotatable bonds is 8. The van der Waals surface area contributed by atoms with E-state index >= 15 is 0 Å². The van der Waals surface area contributed by atoms with Crippen molar-refractivity contribution in [1.29, 1.82) is 0 Å². The quantitative estimate of drug-likeness (QED) is 0.724. The summed E-state index contributed by atoms with van der Waals surface area (Å²) in [5, 5.41) is 5.58. The molecule has 0 aliphatic carbocycles. The molecule has 6 heteroatoms. The number of nitrogens with zero attached hydrogens (tertiary/aromatic N) is 1. The number of nitrogens with one attached hydrogen (secondary N) is 2. The first-order chi connectivity index (χ1) is 12.1. The summed E-state index contributed by atoms with van der Waals surface area (Å²) in [5.41, 5.74) is 2.01. The largest absolute Gasteiger partial charge is 0.365 e. The third-order valence-electron chi connectivity index (χ3n) is 3.43. The van der Waals surface area contributed by atoms with Gasteiger partial charge >= 0.3 is 0 Å². The minimum atomic E-state index is -0.559. The third kappa shape index (κ3) is 5.86. The lowest BCUT2D eigenvalue weighted by Crippen LogP contribution is -2.34. The fraction of sp³-hybridized carbons (Fsp3) is 0.211. The van der Waals surface area contributed by atoms with E-state index in [2.05, 4.69) is 22.2 Å². The molecule has 0 bridgehead atoms. The highest BCUT2D eigenvalue weighted by Gasteiger charge is 2.12. The zero-order chi connectivity index (χ0) is 18.1. The molecule has 1 heterocycles. The average molecular weight is 339 g/mol. The molecular formula is C19H21N3O3. The topological polar surface area (TPSA) is 80.3 Å². The van der Waals surface area contributed by atoms with Crippen LogP contribution in [0.3, 0.4) is 0 Å². The Labute approximate surface area is 146 Å². The smallest absolute Gasteiger partial charge is 0.255 e. The van der Waals surface area contributed by atoms with Crippen LogP contribution < -0.4 is 10.6 Å². The number of hydrogen-bond donors (Lipinski definition) is 2. The normalized spacial score (nSPS) is 11.4. The van der Waals surface area contributed by atoms with Gasteiger partial charge in [0.15, 0.2) is 0 Å². The van der Waals surface area contributed by atoms with Gasteiger partial charge in [-0.05, 0) is 36.8 Å². The van der Waals surface area contributed by atoms with Crippen LogP contribution in [0.4, 0.5) is 5.69 Å². The number of pyridine rings is 1. The molecule has 6 nitrogen and oxygen atoms in total. The second-order valence-electron chi connectivity index (χ2n) is 5.37. The van der Waals surface area contributed by atoms with Crippen LogP contribution in [0.5, 0.6) is 0 Å². The van der Waals surface area contributed by atoms with Crippen molar-refractivity contribution >= 4 is 17.5 Å². The highest BCUT2D eigenvalue weighted by Crippen LogP contribution is 2.10. The molecule has 2 rings (SSSR count). The molecule has 25 heavy (non-hydrogen) atoms. The highest BCUT2D eigenvalue weighted by atomic mass is 16.5. The zero-order valence-corrected chi connectivity index (χ0v) is 14.1. The fourth-order valence-electron chi connectivity index (χ4n) is 2.08. The SMILES string of the molecule is C=CCO[C@H](C)C(=O)NCc1cccc(C(=O)Nc2ccncc2)c1. The molecule has 2 amide bonds. The minimum Gasteiger partial charge on any atom is -0.365 e. The van der Waals surface area contributed by atoms with E-state index in [1.807, 2.05) is 6.07 Å². The average Bonchev–Trinajstić information content (AvgIpc) is 2.65. The maximum Gasteiger partial charge on any atom is 0.255 e. The van der Waals surface area contributed by atoms with Gasteiger partial charge in [0, 0.05) is 30.2 Å². The molecule has 2 N–H and O–H groups in total. The Morgan fingerprint density at radius 3 is 2.76 bits per heavy atom. The lowest BCUT2D eigenvalue weighted by Gasteiger charge is -2.12. The fourth-order valence-corrected chi connectivity index (χ4v) is 2.08. The van der Waals surface area contributed by atoms with Crippen LogP contribution >= 0.6 is 0 Å². The van der Waals surface area contributed by atoms with Crippen LogP contribution in [0, 0.1) is 0 Å². The molecule has 0 spiro atoms. The molecule has 1 aromatic heterocycles. The van der Waals surface area contributed by atoms with E-state index in [1.54, 1.807) is 55.7 Å². The molecule has 130 valence electrons. The van der Waals surface area contributed by atoms with Crippen molar-refractivity contribution in [2.75, 3.05) is 11.9 Å². The Balaban J connectivity index is 1.93. The number of carbonyl (C=O) groups excluding carboxylic acids is 2. The summed E-state index contributed by atoms with van der Waals surface area (Å²) >= 11 is 0. The molecule has 1 aromatic carbocycles. The second kappa shape index (κ2) is 9.34. The van der Waals surface area contributed by atoms with Gasteiger partial charge in [-0.2, -0.15) is 0 Å². The monoisotopic (exact) mass is 339 g/mol. The highest BCUT2D eigenvalue weighted by molar-refractivity contribution is 6.04. The molecule has 0 saturated heterocycles. The van der Waals surface area contributed by atoms with Crippen LogP contribution in [0.1, 0.15) is 22.8 Å². The maximum absolute atomic E-state index is 12.3. The first-order valence-corrected chi connectivity index (χ1v) is 7.90. The number of hydrogen-bond acceptors (Lipinski definition) is 4. The number of ether oxygens (including phenoxy) is 1. The third-order valence-corrected chi connectivity index (χ3v) is 3.43. The second-order valence-corrected chi connectivity index (χ2v) is 5.37. The number of anilines is 1. The minimum absolute atomic E-state index is 0.214. The molecule has 1 atom stereocenters. The first kappa shape index (κ1) is 18.4. The van der Waals surface area contributed by atoms with E-state index in [0.29, 0.717) is 24.4 Å². The Morgan fingerprint density at radius 2 is 2.04 bits per heavy atom. The van der Waals surface area contributed by atoms with Crippen molar-refractivity contribution in [3.8, 4) is 0 Å². The predicted molar refractivity (Wildman–Crippen MR) is 96.1 cm³/mol. The van der Waals surface area contributed by atoms with E-state index in [1.165, 1.54) is 0 Å². The van der Waals surface area contributed by atoms with Gasteiger partial charge in [0.1, 0.15) is 6.10 Å². The van der Waals surface area contributed by atoms with E-state index in [-0.39, 0.29) is 11.8 Å². The number of carbonyl (C=O) groups is 2. The summed E-state index contributed by atoms with van der Waals surface area (Å²) in [6, 6.07) is 10.5. The standard InChI is InChI=1S/C19H21N3O3/c1-3-11-25-14(2)18(23)21-13-15-5-4-6-16(12-15)19(24)22-17-7-9-20-10-8-17/h3-10,12,14H,1,11,13H2,2H3,(H,21,23)(H,20,22,24)/t14-/m1/s1. The van der Waals surface area contributed by atoms with Crippen LogP contribution in [-0.2, 0) is 16.1 Å². The van der Waals surface area contributed by atoms with Gasteiger partial charge in [-0.3, -0.25) is 14.6 Å². The van der Waals surface area contributed by atoms with Crippen molar-refractivity contribution in [2.45, 2.75) is 19.6 Å². The van der Waals surface area contributed by atoms with E-state index in [0.717, 1.165) is 5.56 Å². The Kier molecular flexibility index (Phi) is 6.86. The van der Waals surface area contributed by atoms with E-state index in [4.69, 9.17) is 4.74 Å². The maximum atomic E-state index is 12.3. The van der Waals surface area contributed by atoms with Gasteiger partial charge in [-0.15, -0.1) is 6.58 Å². The van der Waals surface area contributed by atoms with Gasteiger partial charge in [-0.25, -0.2) is 0 Å².